The van der Waals surface area contributed by atoms with Crippen LogP contribution in [0.2, 0.25) is 0 Å². The molecule has 106 valence electrons. The van der Waals surface area contributed by atoms with E-state index in [0.29, 0.717) is 0 Å². The van der Waals surface area contributed by atoms with Gasteiger partial charge in [-0.3, -0.25) is 4.98 Å². The molecule has 0 atom stereocenters. The Hall–Kier alpha value is -1.87. The molecule has 0 saturated carbocycles. The molecule has 0 fully saturated rings. The fourth-order valence-electron chi connectivity index (χ4n) is 2.25. The van der Waals surface area contributed by atoms with E-state index in [1.54, 1.807) is 0 Å². The maximum absolute atomic E-state index is 4.39. The van der Waals surface area contributed by atoms with Crippen LogP contribution in [0.3, 0.4) is 0 Å². The molecule has 3 nitrogen and oxygen atoms in total. The van der Waals surface area contributed by atoms with Gasteiger partial charge in [-0.05, 0) is 36.7 Å². The standard InChI is InChI=1S/C17H23N3/c1-3-11-18-13-15-8-4-5-10-17(15)20(2)14-16-9-6-7-12-19-16/h4-10,12,18H,3,11,13-14H2,1-2H3. The molecule has 20 heavy (non-hydrogen) atoms. The molecular formula is C17H23N3. The van der Waals surface area contributed by atoms with Gasteiger partial charge in [0, 0.05) is 25.5 Å². The highest BCUT2D eigenvalue weighted by Gasteiger charge is 2.07. The molecule has 0 aliphatic rings. The molecule has 0 saturated heterocycles. The Bertz CT molecular complexity index is 511. The van der Waals surface area contributed by atoms with Gasteiger partial charge in [0.05, 0.1) is 12.2 Å². The van der Waals surface area contributed by atoms with E-state index in [9.17, 15) is 0 Å². The molecular weight excluding hydrogens is 246 g/mol. The lowest BCUT2D eigenvalue weighted by Crippen LogP contribution is -2.21. The molecule has 1 N–H and O–H groups in total. The second kappa shape index (κ2) is 7.65. The van der Waals surface area contributed by atoms with Crippen LogP contribution in [0, 0.1) is 0 Å². The maximum atomic E-state index is 4.39. The molecule has 1 aromatic carbocycles. The van der Waals surface area contributed by atoms with Crippen molar-refractivity contribution in [3.05, 3.63) is 59.9 Å². The normalized spacial score (nSPS) is 10.5. The van der Waals surface area contributed by atoms with Crippen molar-refractivity contribution in [1.82, 2.24) is 10.3 Å². The highest BCUT2D eigenvalue weighted by Crippen LogP contribution is 2.20. The highest BCUT2D eigenvalue weighted by atomic mass is 15.1. The van der Waals surface area contributed by atoms with Crippen molar-refractivity contribution in [3.8, 4) is 0 Å². The second-order valence-corrected chi connectivity index (χ2v) is 4.98. The molecule has 1 aromatic heterocycles. The SMILES string of the molecule is CCCNCc1ccccc1N(C)Cc1ccccn1. The van der Waals surface area contributed by atoms with Crippen LogP contribution in [0.5, 0.6) is 0 Å². The van der Waals surface area contributed by atoms with Crippen LogP contribution in [0.15, 0.2) is 48.7 Å². The third-order valence-corrected chi connectivity index (χ3v) is 3.27. The summed E-state index contributed by atoms with van der Waals surface area (Å²) in [5.41, 5.74) is 3.69. The fraction of sp³-hybridized carbons (Fsp3) is 0.353. The van der Waals surface area contributed by atoms with Gasteiger partial charge >= 0.3 is 0 Å². The van der Waals surface area contributed by atoms with Crippen molar-refractivity contribution in [3.63, 3.8) is 0 Å². The summed E-state index contributed by atoms with van der Waals surface area (Å²) in [6, 6.07) is 14.6. The van der Waals surface area contributed by atoms with E-state index in [2.05, 4.69) is 59.5 Å². The summed E-state index contributed by atoms with van der Waals surface area (Å²) in [6.07, 6.45) is 3.00. The van der Waals surface area contributed by atoms with Crippen molar-refractivity contribution in [2.75, 3.05) is 18.5 Å². The lowest BCUT2D eigenvalue weighted by molar-refractivity contribution is 0.673. The van der Waals surface area contributed by atoms with Gasteiger partial charge in [0.25, 0.3) is 0 Å². The van der Waals surface area contributed by atoms with E-state index in [1.807, 2.05) is 18.3 Å². The minimum absolute atomic E-state index is 0.825. The van der Waals surface area contributed by atoms with Gasteiger partial charge in [-0.25, -0.2) is 0 Å². The van der Waals surface area contributed by atoms with Gasteiger partial charge < -0.3 is 10.2 Å². The Morgan fingerprint density at radius 1 is 1.10 bits per heavy atom. The van der Waals surface area contributed by atoms with Gasteiger partial charge in [0.15, 0.2) is 0 Å². The first-order chi connectivity index (χ1) is 9.81. The lowest BCUT2D eigenvalue weighted by Gasteiger charge is -2.22. The number of hydrogen-bond donors (Lipinski definition) is 1. The minimum Gasteiger partial charge on any atom is -0.368 e. The number of hydrogen-bond acceptors (Lipinski definition) is 3. The van der Waals surface area contributed by atoms with Gasteiger partial charge in [-0.1, -0.05) is 31.2 Å². The molecule has 0 radical (unpaired) electrons. The van der Waals surface area contributed by atoms with Crippen molar-refractivity contribution >= 4 is 5.69 Å². The summed E-state index contributed by atoms with van der Waals surface area (Å²) >= 11 is 0. The lowest BCUT2D eigenvalue weighted by atomic mass is 10.1. The Morgan fingerprint density at radius 3 is 2.65 bits per heavy atom. The molecule has 2 rings (SSSR count). The van der Waals surface area contributed by atoms with Gasteiger partial charge in [0.1, 0.15) is 0 Å². The fourth-order valence-corrected chi connectivity index (χ4v) is 2.25. The van der Waals surface area contributed by atoms with Crippen LogP contribution in [-0.4, -0.2) is 18.6 Å². The number of nitrogens with zero attached hydrogens (tertiary/aromatic N) is 2. The predicted molar refractivity (Wildman–Crippen MR) is 84.8 cm³/mol. The minimum atomic E-state index is 0.825. The van der Waals surface area contributed by atoms with Crippen LogP contribution in [0.4, 0.5) is 5.69 Å². The quantitative estimate of drug-likeness (QED) is 0.782. The van der Waals surface area contributed by atoms with Crippen LogP contribution >= 0.6 is 0 Å². The van der Waals surface area contributed by atoms with E-state index >= 15 is 0 Å². The van der Waals surface area contributed by atoms with Gasteiger partial charge in [-0.15, -0.1) is 0 Å². The first-order valence-electron chi connectivity index (χ1n) is 7.21. The van der Waals surface area contributed by atoms with E-state index < -0.39 is 0 Å². The van der Waals surface area contributed by atoms with Crippen molar-refractivity contribution in [1.29, 1.82) is 0 Å². The zero-order valence-corrected chi connectivity index (χ0v) is 12.3. The van der Waals surface area contributed by atoms with E-state index in [4.69, 9.17) is 0 Å². The van der Waals surface area contributed by atoms with Crippen molar-refractivity contribution in [2.24, 2.45) is 0 Å². The largest absolute Gasteiger partial charge is 0.368 e. The number of para-hydroxylation sites is 1. The number of pyridine rings is 1. The maximum Gasteiger partial charge on any atom is 0.0598 e. The van der Waals surface area contributed by atoms with E-state index in [1.165, 1.54) is 11.3 Å². The predicted octanol–water partition coefficient (Wildman–Crippen LogP) is 3.22. The first kappa shape index (κ1) is 14.5. The third kappa shape index (κ3) is 4.07. The monoisotopic (exact) mass is 269 g/mol. The number of nitrogens with one attached hydrogen (secondary N) is 1. The molecule has 0 spiro atoms. The Kier molecular flexibility index (Phi) is 5.56. The summed E-state index contributed by atoms with van der Waals surface area (Å²) < 4.78 is 0. The molecule has 2 aromatic rings. The Labute approximate surface area is 121 Å². The molecule has 0 aliphatic heterocycles. The molecule has 0 amide bonds. The molecule has 3 heteroatoms. The molecule has 0 aliphatic carbocycles. The summed E-state index contributed by atoms with van der Waals surface area (Å²) in [4.78, 5) is 6.65. The van der Waals surface area contributed by atoms with Crippen LogP contribution < -0.4 is 10.2 Å². The van der Waals surface area contributed by atoms with Crippen LogP contribution in [-0.2, 0) is 13.1 Å². The Balaban J connectivity index is 2.07. The highest BCUT2D eigenvalue weighted by molar-refractivity contribution is 5.53. The molecule has 1 heterocycles. The Morgan fingerprint density at radius 2 is 1.90 bits per heavy atom. The number of benzene rings is 1. The zero-order chi connectivity index (χ0) is 14.2. The average molecular weight is 269 g/mol. The molecule has 0 bridgehead atoms. The topological polar surface area (TPSA) is 28.2 Å². The zero-order valence-electron chi connectivity index (χ0n) is 12.3. The number of rotatable bonds is 7. The van der Waals surface area contributed by atoms with E-state index in [-0.39, 0.29) is 0 Å². The van der Waals surface area contributed by atoms with Crippen LogP contribution in [0.25, 0.3) is 0 Å². The van der Waals surface area contributed by atoms with Crippen molar-refractivity contribution in [2.45, 2.75) is 26.4 Å². The van der Waals surface area contributed by atoms with E-state index in [0.717, 1.165) is 31.7 Å². The average Bonchev–Trinajstić information content (AvgIpc) is 2.49. The van der Waals surface area contributed by atoms with Gasteiger partial charge in [0.2, 0.25) is 0 Å². The van der Waals surface area contributed by atoms with Crippen LogP contribution in [0.1, 0.15) is 24.6 Å². The smallest absolute Gasteiger partial charge is 0.0598 e. The summed E-state index contributed by atoms with van der Waals surface area (Å²) in [7, 11) is 2.12. The van der Waals surface area contributed by atoms with Crippen molar-refractivity contribution < 1.29 is 0 Å². The second-order valence-electron chi connectivity index (χ2n) is 4.98. The van der Waals surface area contributed by atoms with Gasteiger partial charge in [-0.2, -0.15) is 0 Å². The first-order valence-corrected chi connectivity index (χ1v) is 7.21. The number of aromatic nitrogens is 1. The number of anilines is 1. The summed E-state index contributed by atoms with van der Waals surface area (Å²) in [5, 5.41) is 3.47. The summed E-state index contributed by atoms with van der Waals surface area (Å²) in [6.45, 7) is 4.98. The molecule has 0 unspecified atom stereocenters. The third-order valence-electron chi connectivity index (χ3n) is 3.27. The summed E-state index contributed by atoms with van der Waals surface area (Å²) in [5.74, 6) is 0.